The lowest BCUT2D eigenvalue weighted by atomic mass is 10.1. The van der Waals surface area contributed by atoms with E-state index >= 15 is 0 Å². The van der Waals surface area contributed by atoms with Crippen molar-refractivity contribution in [2.24, 2.45) is 5.41 Å². The summed E-state index contributed by atoms with van der Waals surface area (Å²) in [6, 6.07) is -0.119. The van der Waals surface area contributed by atoms with Crippen molar-refractivity contribution < 1.29 is 9.59 Å². The van der Waals surface area contributed by atoms with E-state index in [9.17, 15) is 9.59 Å². The average molecular weight is 305 g/mol. The van der Waals surface area contributed by atoms with Crippen LogP contribution < -0.4 is 5.32 Å². The van der Waals surface area contributed by atoms with E-state index in [0.717, 1.165) is 18.4 Å². The molecule has 1 fully saturated rings. The van der Waals surface area contributed by atoms with Gasteiger partial charge in [-0.1, -0.05) is 5.92 Å². The van der Waals surface area contributed by atoms with Crippen molar-refractivity contribution in [1.29, 1.82) is 0 Å². The Kier molecular flexibility index (Phi) is 4.63. The van der Waals surface area contributed by atoms with Crippen LogP contribution in [0.5, 0.6) is 0 Å². The van der Waals surface area contributed by atoms with Crippen molar-refractivity contribution >= 4 is 23.3 Å². The Morgan fingerprint density at radius 1 is 1.62 bits per heavy atom. The molecule has 0 aliphatic heterocycles. The number of likely N-dealkylation sites (N-methyl/N-ethyl adjacent to an activating group) is 1. The summed E-state index contributed by atoms with van der Waals surface area (Å²) in [7, 11) is 1.73. The molecule has 2 rings (SSSR count). The van der Waals surface area contributed by atoms with E-state index in [0.29, 0.717) is 13.0 Å². The molecule has 0 aromatic carbocycles. The summed E-state index contributed by atoms with van der Waals surface area (Å²) in [5.41, 5.74) is 0.319. The minimum Gasteiger partial charge on any atom is -0.352 e. The molecule has 5 nitrogen and oxygen atoms in total. The number of rotatable bonds is 6. The van der Waals surface area contributed by atoms with Gasteiger partial charge in [-0.05, 0) is 36.9 Å². The normalized spacial score (nSPS) is 16.6. The molecule has 0 spiro atoms. The van der Waals surface area contributed by atoms with Crippen LogP contribution in [-0.2, 0) is 16.0 Å². The summed E-state index contributed by atoms with van der Waals surface area (Å²) in [4.78, 5) is 25.7. The quantitative estimate of drug-likeness (QED) is 0.800. The first-order valence-electron chi connectivity index (χ1n) is 6.88. The Balaban J connectivity index is 1.79. The molecule has 1 unspecified atom stereocenters. The minimum atomic E-state index is -0.583. The Labute approximate surface area is 128 Å². The topological polar surface area (TPSA) is 62.3 Å². The molecule has 1 atom stereocenters. The van der Waals surface area contributed by atoms with Crippen LogP contribution in [0, 0.1) is 17.8 Å². The van der Waals surface area contributed by atoms with Crippen LogP contribution >= 0.6 is 11.5 Å². The van der Waals surface area contributed by atoms with Crippen molar-refractivity contribution in [3.05, 3.63) is 17.1 Å². The fourth-order valence-electron chi connectivity index (χ4n) is 2.27. The molecule has 0 bridgehead atoms. The Bertz CT molecular complexity index is 558. The number of nitrogens with zero attached hydrogens (tertiary/aromatic N) is 2. The summed E-state index contributed by atoms with van der Waals surface area (Å²) in [6.45, 7) is 2.33. The monoisotopic (exact) mass is 305 g/mol. The molecule has 1 heterocycles. The Morgan fingerprint density at radius 2 is 2.33 bits per heavy atom. The third-order valence-corrected chi connectivity index (χ3v) is 4.22. The lowest BCUT2D eigenvalue weighted by Gasteiger charge is -2.24. The molecule has 112 valence electrons. The molecular formula is C15H19N3O2S. The van der Waals surface area contributed by atoms with Gasteiger partial charge in [0.25, 0.3) is 0 Å². The van der Waals surface area contributed by atoms with E-state index in [2.05, 4.69) is 15.6 Å². The second-order valence-electron chi connectivity index (χ2n) is 5.59. The van der Waals surface area contributed by atoms with E-state index in [4.69, 9.17) is 6.42 Å². The molecule has 6 heteroatoms. The van der Waals surface area contributed by atoms with E-state index in [1.54, 1.807) is 18.1 Å². The van der Waals surface area contributed by atoms with Gasteiger partial charge >= 0.3 is 0 Å². The van der Waals surface area contributed by atoms with Crippen LogP contribution in [0.15, 0.2) is 11.6 Å². The van der Waals surface area contributed by atoms with Crippen molar-refractivity contribution in [3.8, 4) is 12.3 Å². The summed E-state index contributed by atoms with van der Waals surface area (Å²) >= 11 is 1.33. The highest BCUT2D eigenvalue weighted by Gasteiger charge is 2.49. The molecule has 21 heavy (non-hydrogen) atoms. The molecule has 1 saturated carbocycles. The summed E-state index contributed by atoms with van der Waals surface area (Å²) in [6.07, 6.45) is 8.95. The lowest BCUT2D eigenvalue weighted by molar-refractivity contribution is -0.134. The zero-order chi connectivity index (χ0) is 15.5. The zero-order valence-corrected chi connectivity index (χ0v) is 13.1. The predicted molar refractivity (Wildman–Crippen MR) is 81.6 cm³/mol. The van der Waals surface area contributed by atoms with Gasteiger partial charge in [0.15, 0.2) is 0 Å². The van der Waals surface area contributed by atoms with Crippen molar-refractivity contribution in [2.45, 2.75) is 32.2 Å². The first kappa shape index (κ1) is 15.5. The minimum absolute atomic E-state index is 0.0202. The SMILES string of the molecule is C#CC1(C(=O)N(C)CC(C)NC(=O)Cc2cnsc2)CC1. The fourth-order valence-corrected chi connectivity index (χ4v) is 2.81. The second kappa shape index (κ2) is 6.27. The zero-order valence-electron chi connectivity index (χ0n) is 12.3. The molecule has 0 radical (unpaired) electrons. The van der Waals surface area contributed by atoms with Crippen LogP contribution in [-0.4, -0.2) is 40.7 Å². The van der Waals surface area contributed by atoms with E-state index in [1.807, 2.05) is 12.3 Å². The van der Waals surface area contributed by atoms with Crippen LogP contribution in [0.4, 0.5) is 0 Å². The molecule has 0 saturated heterocycles. The summed E-state index contributed by atoms with van der Waals surface area (Å²) in [5.74, 6) is 2.50. The van der Waals surface area contributed by atoms with Gasteiger partial charge in [0, 0.05) is 31.2 Å². The molecule has 1 aromatic rings. The maximum absolute atomic E-state index is 12.2. The van der Waals surface area contributed by atoms with Crippen LogP contribution in [0.3, 0.4) is 0 Å². The Morgan fingerprint density at radius 3 is 2.86 bits per heavy atom. The average Bonchev–Trinajstić information content (AvgIpc) is 3.08. The third-order valence-electron chi connectivity index (χ3n) is 3.59. The molecule has 1 aliphatic carbocycles. The largest absolute Gasteiger partial charge is 0.352 e. The van der Waals surface area contributed by atoms with Crippen LogP contribution in [0.2, 0.25) is 0 Å². The smallest absolute Gasteiger partial charge is 0.240 e. The summed E-state index contributed by atoms with van der Waals surface area (Å²) < 4.78 is 3.96. The van der Waals surface area contributed by atoms with Gasteiger partial charge in [0.05, 0.1) is 6.42 Å². The highest BCUT2D eigenvalue weighted by Crippen LogP contribution is 2.46. The number of aromatic nitrogens is 1. The number of hydrogen-bond donors (Lipinski definition) is 1. The van der Waals surface area contributed by atoms with Gasteiger partial charge in [-0.25, -0.2) is 4.37 Å². The van der Waals surface area contributed by atoms with E-state index in [1.165, 1.54) is 11.5 Å². The van der Waals surface area contributed by atoms with Crippen LogP contribution in [0.25, 0.3) is 0 Å². The number of terminal acetylenes is 1. The Hall–Kier alpha value is -1.87. The number of hydrogen-bond acceptors (Lipinski definition) is 4. The number of amides is 2. The van der Waals surface area contributed by atoms with Gasteiger partial charge in [-0.2, -0.15) is 0 Å². The number of nitrogens with one attached hydrogen (secondary N) is 1. The highest BCUT2D eigenvalue weighted by molar-refractivity contribution is 7.03. The number of carbonyl (C=O) groups is 2. The standard InChI is InChI=1S/C15H19N3O2S/c1-4-15(5-6-15)14(20)18(3)9-11(2)17-13(19)7-12-8-16-21-10-12/h1,8,10-11H,5-7,9H2,2-3H3,(H,17,19). The van der Waals surface area contributed by atoms with E-state index < -0.39 is 5.41 Å². The summed E-state index contributed by atoms with van der Waals surface area (Å²) in [5, 5.41) is 4.74. The number of carbonyl (C=O) groups excluding carboxylic acids is 2. The molecular weight excluding hydrogens is 286 g/mol. The maximum atomic E-state index is 12.2. The first-order chi connectivity index (χ1) is 9.97. The van der Waals surface area contributed by atoms with Crippen molar-refractivity contribution in [1.82, 2.24) is 14.6 Å². The first-order valence-corrected chi connectivity index (χ1v) is 7.71. The highest BCUT2D eigenvalue weighted by atomic mass is 32.1. The third kappa shape index (κ3) is 3.82. The van der Waals surface area contributed by atoms with E-state index in [-0.39, 0.29) is 17.9 Å². The van der Waals surface area contributed by atoms with Gasteiger partial charge in [-0.3, -0.25) is 9.59 Å². The lowest BCUT2D eigenvalue weighted by Crippen LogP contribution is -2.45. The molecule has 1 N–H and O–H groups in total. The second-order valence-corrected chi connectivity index (χ2v) is 6.25. The van der Waals surface area contributed by atoms with Gasteiger partial charge in [-0.15, -0.1) is 6.42 Å². The maximum Gasteiger partial charge on any atom is 0.240 e. The van der Waals surface area contributed by atoms with Crippen LogP contribution in [0.1, 0.15) is 25.3 Å². The molecule has 1 aromatic heterocycles. The van der Waals surface area contributed by atoms with Crippen molar-refractivity contribution in [2.75, 3.05) is 13.6 Å². The molecule has 2 amide bonds. The fraction of sp³-hybridized carbons (Fsp3) is 0.533. The molecule has 1 aliphatic rings. The van der Waals surface area contributed by atoms with Gasteiger partial charge < -0.3 is 10.2 Å². The van der Waals surface area contributed by atoms with Crippen molar-refractivity contribution in [3.63, 3.8) is 0 Å². The van der Waals surface area contributed by atoms with Gasteiger partial charge in [0.2, 0.25) is 11.8 Å². The van der Waals surface area contributed by atoms with Gasteiger partial charge in [0.1, 0.15) is 5.41 Å². The predicted octanol–water partition coefficient (Wildman–Crippen LogP) is 1.06.